The van der Waals surface area contributed by atoms with Crippen molar-refractivity contribution in [2.45, 2.75) is 70.2 Å². The van der Waals surface area contributed by atoms with E-state index in [4.69, 9.17) is 9.47 Å². The molecule has 2 aromatic rings. The number of methoxy groups -OCH3 is 1. The molecule has 0 radical (unpaired) electrons. The molecule has 7 nitrogen and oxygen atoms in total. The van der Waals surface area contributed by atoms with Crippen LogP contribution in [0.25, 0.3) is 0 Å². The highest BCUT2D eigenvalue weighted by molar-refractivity contribution is 5.89. The van der Waals surface area contributed by atoms with Gasteiger partial charge in [-0.1, -0.05) is 42.5 Å². The summed E-state index contributed by atoms with van der Waals surface area (Å²) in [6.07, 6.45) is -4.01. The number of benzene rings is 2. The summed E-state index contributed by atoms with van der Waals surface area (Å²) < 4.78 is 52.1. The molecule has 1 aliphatic heterocycles. The molecule has 2 fully saturated rings. The van der Waals surface area contributed by atoms with E-state index >= 15 is 0 Å². The smallest absolute Gasteiger partial charge is 0.465 e. The predicted molar refractivity (Wildman–Crippen MR) is 146 cm³/mol. The van der Waals surface area contributed by atoms with Crippen molar-refractivity contribution in [2.24, 2.45) is 5.41 Å². The monoisotopic (exact) mass is 574 g/mol. The second-order valence-electron chi connectivity index (χ2n) is 12.1. The second-order valence-corrected chi connectivity index (χ2v) is 12.1. The lowest BCUT2D eigenvalue weighted by molar-refractivity contribution is -0.188. The number of carbonyl (C=O) groups is 3. The molecule has 1 saturated heterocycles. The second kappa shape index (κ2) is 11.7. The van der Waals surface area contributed by atoms with Crippen LogP contribution in [-0.2, 0) is 20.7 Å². The SMILES string of the molecule is COC(=O)c1cccc(CC2(CN(C(=O)C(F)(F)F)[C@@H]3CC3c3ccccc3)CCN(C(=O)OC(C)(C)C)CC2)c1. The number of hydrogen-bond acceptors (Lipinski definition) is 5. The van der Waals surface area contributed by atoms with Crippen LogP contribution in [-0.4, -0.2) is 72.3 Å². The molecule has 2 aliphatic rings. The van der Waals surface area contributed by atoms with Gasteiger partial charge in [-0.3, -0.25) is 4.79 Å². The van der Waals surface area contributed by atoms with Crippen molar-refractivity contribution in [3.8, 4) is 0 Å². The quantitative estimate of drug-likeness (QED) is 0.381. The van der Waals surface area contributed by atoms with Gasteiger partial charge in [0.1, 0.15) is 5.60 Å². The molecule has 0 aromatic heterocycles. The van der Waals surface area contributed by atoms with Crippen LogP contribution >= 0.6 is 0 Å². The third-order valence-electron chi connectivity index (χ3n) is 7.80. The first-order chi connectivity index (χ1) is 19.2. The van der Waals surface area contributed by atoms with Crippen LogP contribution in [0.5, 0.6) is 0 Å². The Morgan fingerprint density at radius 2 is 1.66 bits per heavy atom. The van der Waals surface area contributed by atoms with E-state index in [9.17, 15) is 27.6 Å². The Morgan fingerprint density at radius 3 is 2.24 bits per heavy atom. The third kappa shape index (κ3) is 7.59. The number of likely N-dealkylation sites (tertiary alicyclic amines) is 1. The van der Waals surface area contributed by atoms with E-state index in [0.717, 1.165) is 16.0 Å². The fraction of sp³-hybridized carbons (Fsp3) is 0.516. The van der Waals surface area contributed by atoms with Gasteiger partial charge in [0.15, 0.2) is 0 Å². The van der Waals surface area contributed by atoms with Crippen LogP contribution in [0.15, 0.2) is 54.6 Å². The molecule has 1 saturated carbocycles. The first-order valence-electron chi connectivity index (χ1n) is 13.8. The van der Waals surface area contributed by atoms with Crippen molar-refractivity contribution in [1.82, 2.24) is 9.80 Å². The van der Waals surface area contributed by atoms with Gasteiger partial charge in [-0.05, 0) is 75.1 Å². The largest absolute Gasteiger partial charge is 0.471 e. The maximum absolute atomic E-state index is 13.9. The molecule has 0 bridgehead atoms. The van der Waals surface area contributed by atoms with E-state index in [1.54, 1.807) is 43.9 Å². The lowest BCUT2D eigenvalue weighted by Gasteiger charge is -2.45. The molecule has 1 heterocycles. The first kappa shape index (κ1) is 30.4. The maximum Gasteiger partial charge on any atom is 0.471 e. The Bertz CT molecular complexity index is 1250. The van der Waals surface area contributed by atoms with Gasteiger partial charge in [-0.15, -0.1) is 0 Å². The average Bonchev–Trinajstić information content (AvgIpc) is 3.71. The first-order valence-corrected chi connectivity index (χ1v) is 13.8. The number of halogens is 3. The van der Waals surface area contributed by atoms with Crippen molar-refractivity contribution >= 4 is 18.0 Å². The molecular formula is C31H37F3N2O5. The summed E-state index contributed by atoms with van der Waals surface area (Å²) in [6, 6.07) is 15.5. The molecule has 2 atom stereocenters. The minimum absolute atomic E-state index is 0.121. The molecule has 10 heteroatoms. The number of alkyl halides is 3. The van der Waals surface area contributed by atoms with Crippen molar-refractivity contribution < 1.29 is 37.0 Å². The van der Waals surface area contributed by atoms with Gasteiger partial charge < -0.3 is 19.3 Å². The lowest BCUT2D eigenvalue weighted by Crippen LogP contribution is -2.53. The summed E-state index contributed by atoms with van der Waals surface area (Å²) >= 11 is 0. The standard InChI is InChI=1S/C31H37F3N2O5/c1-29(2,3)41-28(39)35-15-13-30(14-16-35,19-21-9-8-12-23(17-21)26(37)40-4)20-36(27(38)31(32,33)34)25-18-24(25)22-10-6-5-7-11-22/h5-12,17,24-25H,13-16,18-20H2,1-4H3/t24?,25-/m1/s1. The molecule has 1 unspecified atom stereocenters. The Kier molecular flexibility index (Phi) is 8.70. The van der Waals surface area contributed by atoms with Gasteiger partial charge in [-0.2, -0.15) is 13.2 Å². The molecule has 0 N–H and O–H groups in total. The van der Waals surface area contributed by atoms with Crippen molar-refractivity contribution in [3.05, 3.63) is 71.3 Å². The van der Waals surface area contributed by atoms with E-state index < -0.39 is 41.2 Å². The van der Waals surface area contributed by atoms with E-state index in [0.29, 0.717) is 31.2 Å². The molecule has 222 valence electrons. The molecule has 4 rings (SSSR count). The van der Waals surface area contributed by atoms with Gasteiger partial charge in [0, 0.05) is 31.6 Å². The van der Waals surface area contributed by atoms with Gasteiger partial charge in [0.25, 0.3) is 0 Å². The molecule has 41 heavy (non-hydrogen) atoms. The van der Waals surface area contributed by atoms with Gasteiger partial charge in [-0.25, -0.2) is 9.59 Å². The highest BCUT2D eigenvalue weighted by atomic mass is 19.4. The Labute approximate surface area is 238 Å². The molecule has 2 aromatic carbocycles. The summed E-state index contributed by atoms with van der Waals surface area (Å²) in [6.45, 7) is 5.73. The Balaban J connectivity index is 1.63. The summed E-state index contributed by atoms with van der Waals surface area (Å²) in [4.78, 5) is 40.3. The van der Waals surface area contributed by atoms with Crippen LogP contribution in [0.2, 0.25) is 0 Å². The highest BCUT2D eigenvalue weighted by Crippen LogP contribution is 2.48. The summed E-state index contributed by atoms with van der Waals surface area (Å²) in [5.41, 5.74) is 0.526. The fourth-order valence-electron chi connectivity index (χ4n) is 5.69. The van der Waals surface area contributed by atoms with Crippen LogP contribution in [0.1, 0.15) is 67.4 Å². The van der Waals surface area contributed by atoms with Crippen molar-refractivity contribution in [2.75, 3.05) is 26.7 Å². The zero-order valence-corrected chi connectivity index (χ0v) is 23.9. The van der Waals surface area contributed by atoms with Gasteiger partial charge in [0.05, 0.1) is 12.7 Å². The molecule has 1 aliphatic carbocycles. The van der Waals surface area contributed by atoms with E-state index in [1.165, 1.54) is 7.11 Å². The maximum atomic E-state index is 13.9. The number of piperidine rings is 1. The van der Waals surface area contributed by atoms with E-state index in [1.807, 2.05) is 36.4 Å². The number of amides is 2. The number of ether oxygens (including phenoxy) is 2. The predicted octanol–water partition coefficient (Wildman–Crippen LogP) is 5.98. The minimum atomic E-state index is -5.02. The third-order valence-corrected chi connectivity index (χ3v) is 7.80. The van der Waals surface area contributed by atoms with Gasteiger partial charge >= 0.3 is 24.1 Å². The summed E-state index contributed by atoms with van der Waals surface area (Å²) in [7, 11) is 1.28. The molecular weight excluding hydrogens is 537 g/mol. The number of rotatable bonds is 7. The summed E-state index contributed by atoms with van der Waals surface area (Å²) in [5.74, 6) is -2.54. The van der Waals surface area contributed by atoms with Gasteiger partial charge in [0.2, 0.25) is 0 Å². The van der Waals surface area contributed by atoms with E-state index in [2.05, 4.69) is 0 Å². The van der Waals surface area contributed by atoms with Crippen molar-refractivity contribution in [1.29, 1.82) is 0 Å². The van der Waals surface area contributed by atoms with Crippen LogP contribution < -0.4 is 0 Å². The van der Waals surface area contributed by atoms with Crippen LogP contribution in [0.3, 0.4) is 0 Å². The summed E-state index contributed by atoms with van der Waals surface area (Å²) in [5, 5.41) is 0. The van der Waals surface area contributed by atoms with Crippen molar-refractivity contribution in [3.63, 3.8) is 0 Å². The number of nitrogens with zero attached hydrogens (tertiary/aromatic N) is 2. The highest BCUT2D eigenvalue weighted by Gasteiger charge is 2.54. The molecule has 2 amide bonds. The zero-order chi connectivity index (χ0) is 30.0. The lowest BCUT2D eigenvalue weighted by atomic mass is 9.73. The van der Waals surface area contributed by atoms with E-state index in [-0.39, 0.29) is 25.6 Å². The fourth-order valence-corrected chi connectivity index (χ4v) is 5.69. The topological polar surface area (TPSA) is 76.2 Å². The van der Waals surface area contributed by atoms with Crippen LogP contribution in [0, 0.1) is 5.41 Å². The number of carbonyl (C=O) groups excluding carboxylic acids is 3. The van der Waals surface area contributed by atoms with Crippen LogP contribution in [0.4, 0.5) is 18.0 Å². The Morgan fingerprint density at radius 1 is 1.00 bits per heavy atom. The number of esters is 1. The zero-order valence-electron chi connectivity index (χ0n) is 23.9. The Hall–Kier alpha value is -3.56. The minimum Gasteiger partial charge on any atom is -0.465 e. The normalized spacial score (nSPS) is 20.2. The number of hydrogen-bond donors (Lipinski definition) is 0. The molecule has 0 spiro atoms. The average molecular weight is 575 g/mol.